The van der Waals surface area contributed by atoms with Crippen molar-refractivity contribution in [2.45, 2.75) is 136 Å². The van der Waals surface area contributed by atoms with Gasteiger partial charge in [-0.25, -0.2) is 0 Å². The van der Waals surface area contributed by atoms with E-state index in [2.05, 4.69) is 13.8 Å². The highest BCUT2D eigenvalue weighted by Crippen LogP contribution is 2.43. The minimum absolute atomic E-state index is 0.502. The van der Waals surface area contributed by atoms with Gasteiger partial charge in [0.05, 0.1) is 6.10 Å². The molecule has 0 aromatic carbocycles. The molecule has 0 aliphatic heterocycles. The average molecular weight is 405 g/mol. The van der Waals surface area contributed by atoms with Crippen molar-refractivity contribution in [1.82, 2.24) is 0 Å². The van der Waals surface area contributed by atoms with Crippen molar-refractivity contribution in [2.24, 2.45) is 35.5 Å². The fourth-order valence-electron chi connectivity index (χ4n) is 7.58. The lowest BCUT2D eigenvalue weighted by molar-refractivity contribution is 0.00950. The highest BCUT2D eigenvalue weighted by atomic mass is 16.5. The second-order valence-electron chi connectivity index (χ2n) is 11.4. The SMILES string of the molecule is CCCCC1C(C)CC2CCCCCC(C2)C2CCCC(CCCC1OC)CC2. The summed E-state index contributed by atoms with van der Waals surface area (Å²) in [5.74, 6) is 5.71. The van der Waals surface area contributed by atoms with Crippen molar-refractivity contribution in [3.05, 3.63) is 0 Å². The lowest BCUT2D eigenvalue weighted by Gasteiger charge is -2.37. The Bertz CT molecular complexity index is 432. The number of rotatable bonds is 4. The maximum Gasteiger partial charge on any atom is 0.0602 e. The van der Waals surface area contributed by atoms with Crippen LogP contribution in [0.15, 0.2) is 0 Å². The van der Waals surface area contributed by atoms with Crippen LogP contribution in [0.5, 0.6) is 0 Å². The third-order valence-electron chi connectivity index (χ3n) is 9.33. The van der Waals surface area contributed by atoms with E-state index in [1.54, 1.807) is 25.7 Å². The molecule has 3 rings (SSSR count). The van der Waals surface area contributed by atoms with E-state index in [1.165, 1.54) is 89.9 Å². The Morgan fingerprint density at radius 2 is 1.41 bits per heavy atom. The van der Waals surface area contributed by atoms with E-state index in [9.17, 15) is 0 Å². The number of ether oxygens (including phenoxy) is 1. The number of fused-ring (bicyclic) bond motifs is 6. The van der Waals surface area contributed by atoms with E-state index in [-0.39, 0.29) is 0 Å². The molecular formula is C28H52O. The zero-order valence-corrected chi connectivity index (χ0v) is 20.2. The summed E-state index contributed by atoms with van der Waals surface area (Å²) in [6, 6.07) is 0. The van der Waals surface area contributed by atoms with Crippen molar-refractivity contribution in [2.75, 3.05) is 7.11 Å². The molecule has 3 saturated carbocycles. The van der Waals surface area contributed by atoms with Crippen molar-refractivity contribution < 1.29 is 4.74 Å². The minimum Gasteiger partial charge on any atom is -0.381 e. The highest BCUT2D eigenvalue weighted by Gasteiger charge is 2.33. The molecule has 1 heteroatoms. The molecule has 0 aromatic rings. The Kier molecular flexibility index (Phi) is 10.4. The van der Waals surface area contributed by atoms with Gasteiger partial charge in [0.15, 0.2) is 0 Å². The molecule has 0 heterocycles. The molecule has 170 valence electrons. The lowest BCUT2D eigenvalue weighted by Crippen LogP contribution is -2.31. The molecule has 3 fully saturated rings. The molecule has 1 nitrogen and oxygen atoms in total. The standard InChI is InChI=1S/C28H52O/c1-4-5-16-27-22(2)20-24-11-7-6-8-14-26(21-24)25-15-9-12-23(18-19-25)13-10-17-28(27)29-3/h22-28H,4-21H2,1-3H3. The second kappa shape index (κ2) is 12.7. The maximum absolute atomic E-state index is 6.18. The van der Waals surface area contributed by atoms with Crippen molar-refractivity contribution in [3.8, 4) is 0 Å². The molecule has 0 amide bonds. The van der Waals surface area contributed by atoms with Crippen molar-refractivity contribution in [1.29, 1.82) is 0 Å². The summed E-state index contributed by atoms with van der Waals surface area (Å²) in [4.78, 5) is 0. The molecule has 29 heavy (non-hydrogen) atoms. The van der Waals surface area contributed by atoms with Gasteiger partial charge in [0, 0.05) is 7.11 Å². The molecule has 4 bridgehead atoms. The predicted molar refractivity (Wildman–Crippen MR) is 126 cm³/mol. The third kappa shape index (κ3) is 7.26. The molecule has 0 aromatic heterocycles. The average Bonchev–Trinajstić information content (AvgIpc) is 2.94. The van der Waals surface area contributed by atoms with E-state index in [0.717, 1.165) is 35.5 Å². The van der Waals surface area contributed by atoms with Gasteiger partial charge >= 0.3 is 0 Å². The first-order valence-electron chi connectivity index (χ1n) is 13.7. The topological polar surface area (TPSA) is 9.23 Å². The fourth-order valence-corrected chi connectivity index (χ4v) is 7.58. The maximum atomic E-state index is 6.18. The Morgan fingerprint density at radius 1 is 0.690 bits per heavy atom. The van der Waals surface area contributed by atoms with E-state index < -0.39 is 0 Å². The predicted octanol–water partition coefficient (Wildman–Crippen LogP) is 8.80. The number of methoxy groups -OCH3 is 1. The van der Waals surface area contributed by atoms with Gasteiger partial charge in [0.25, 0.3) is 0 Å². The zero-order chi connectivity index (χ0) is 20.5. The van der Waals surface area contributed by atoms with Crippen LogP contribution in [0.2, 0.25) is 0 Å². The lowest BCUT2D eigenvalue weighted by atomic mass is 9.70. The van der Waals surface area contributed by atoms with E-state index in [0.29, 0.717) is 6.10 Å². The molecule has 7 atom stereocenters. The summed E-state index contributed by atoms with van der Waals surface area (Å²) in [6.07, 6.45) is 27.0. The van der Waals surface area contributed by atoms with E-state index >= 15 is 0 Å². The van der Waals surface area contributed by atoms with Gasteiger partial charge in [-0.1, -0.05) is 97.3 Å². The van der Waals surface area contributed by atoms with Gasteiger partial charge in [0.1, 0.15) is 0 Å². The van der Waals surface area contributed by atoms with Crippen LogP contribution in [0.4, 0.5) is 0 Å². The monoisotopic (exact) mass is 404 g/mol. The van der Waals surface area contributed by atoms with Crippen LogP contribution in [0.3, 0.4) is 0 Å². The van der Waals surface area contributed by atoms with Gasteiger partial charge < -0.3 is 4.74 Å². The quantitative estimate of drug-likeness (QED) is 0.455. The smallest absolute Gasteiger partial charge is 0.0602 e. The van der Waals surface area contributed by atoms with Crippen LogP contribution in [0.25, 0.3) is 0 Å². The number of unbranched alkanes of at least 4 members (excludes halogenated alkanes) is 1. The first-order chi connectivity index (χ1) is 14.2. The van der Waals surface area contributed by atoms with Crippen LogP contribution < -0.4 is 0 Å². The van der Waals surface area contributed by atoms with Crippen LogP contribution in [0.1, 0.15) is 129 Å². The molecular weight excluding hydrogens is 352 g/mol. The van der Waals surface area contributed by atoms with Gasteiger partial charge in [-0.15, -0.1) is 0 Å². The Balaban J connectivity index is 1.78. The summed E-state index contributed by atoms with van der Waals surface area (Å²) in [6.45, 7) is 4.94. The summed E-state index contributed by atoms with van der Waals surface area (Å²) in [7, 11) is 2.00. The summed E-state index contributed by atoms with van der Waals surface area (Å²) < 4.78 is 6.18. The number of hydrogen-bond donors (Lipinski definition) is 0. The van der Waals surface area contributed by atoms with Crippen LogP contribution in [-0.2, 0) is 4.74 Å². The Labute approximate surface area is 183 Å². The normalized spacial score (nSPS) is 40.4. The van der Waals surface area contributed by atoms with Gasteiger partial charge in [-0.05, 0) is 67.6 Å². The van der Waals surface area contributed by atoms with Gasteiger partial charge in [-0.3, -0.25) is 0 Å². The Hall–Kier alpha value is -0.0400. The molecule has 0 spiro atoms. The van der Waals surface area contributed by atoms with Crippen molar-refractivity contribution >= 4 is 0 Å². The fraction of sp³-hybridized carbons (Fsp3) is 1.00. The highest BCUT2D eigenvalue weighted by molar-refractivity contribution is 4.84. The molecule has 0 saturated heterocycles. The van der Waals surface area contributed by atoms with E-state index in [1.807, 2.05) is 7.11 Å². The molecule has 0 N–H and O–H groups in total. The number of hydrogen-bond acceptors (Lipinski definition) is 1. The largest absolute Gasteiger partial charge is 0.381 e. The summed E-state index contributed by atoms with van der Waals surface area (Å²) in [5.41, 5.74) is 0. The molecule has 3 aliphatic rings. The first kappa shape index (κ1) is 23.6. The molecule has 7 unspecified atom stereocenters. The van der Waals surface area contributed by atoms with Crippen LogP contribution in [-0.4, -0.2) is 13.2 Å². The minimum atomic E-state index is 0.502. The van der Waals surface area contributed by atoms with E-state index in [4.69, 9.17) is 4.74 Å². The van der Waals surface area contributed by atoms with Gasteiger partial charge in [0.2, 0.25) is 0 Å². The summed E-state index contributed by atoms with van der Waals surface area (Å²) >= 11 is 0. The van der Waals surface area contributed by atoms with Crippen LogP contribution in [0, 0.1) is 35.5 Å². The van der Waals surface area contributed by atoms with Crippen molar-refractivity contribution in [3.63, 3.8) is 0 Å². The first-order valence-corrected chi connectivity index (χ1v) is 13.7. The Morgan fingerprint density at radius 3 is 2.21 bits per heavy atom. The van der Waals surface area contributed by atoms with Gasteiger partial charge in [-0.2, -0.15) is 0 Å². The van der Waals surface area contributed by atoms with Crippen LogP contribution >= 0.6 is 0 Å². The zero-order valence-electron chi connectivity index (χ0n) is 20.2. The molecule has 0 radical (unpaired) electrons. The summed E-state index contributed by atoms with van der Waals surface area (Å²) in [5, 5.41) is 0. The molecule has 3 aliphatic carbocycles. The third-order valence-corrected chi connectivity index (χ3v) is 9.33. The second-order valence-corrected chi connectivity index (χ2v) is 11.4.